The maximum Gasteiger partial charge on any atom is 0.251 e. The van der Waals surface area contributed by atoms with Crippen molar-refractivity contribution in [2.45, 2.75) is 84.0 Å². The van der Waals surface area contributed by atoms with E-state index < -0.39 is 18.2 Å². The van der Waals surface area contributed by atoms with Crippen molar-refractivity contribution >= 4 is 17.7 Å². The highest BCUT2D eigenvalue weighted by atomic mass is 16.5. The monoisotopic (exact) mass is 524 g/mol. The number of nitrogens with zero attached hydrogens (tertiary/aromatic N) is 4. The van der Waals surface area contributed by atoms with E-state index >= 15 is 0 Å². The van der Waals surface area contributed by atoms with Gasteiger partial charge in [0, 0.05) is 26.1 Å². The minimum Gasteiger partial charge on any atom is -0.368 e. The van der Waals surface area contributed by atoms with Crippen LogP contribution in [0.15, 0.2) is 30.3 Å². The number of rotatable bonds is 5. The van der Waals surface area contributed by atoms with Gasteiger partial charge >= 0.3 is 0 Å². The Hall–Kier alpha value is -3.27. The largest absolute Gasteiger partial charge is 0.368 e. The predicted molar refractivity (Wildman–Crippen MR) is 142 cm³/mol. The summed E-state index contributed by atoms with van der Waals surface area (Å²) >= 11 is 0. The first-order valence-electron chi connectivity index (χ1n) is 13.8. The zero-order valence-electron chi connectivity index (χ0n) is 22.7. The van der Waals surface area contributed by atoms with E-state index in [4.69, 9.17) is 9.72 Å². The molecule has 10 nitrogen and oxygen atoms in total. The number of aromatic nitrogens is 3. The van der Waals surface area contributed by atoms with E-state index in [0.29, 0.717) is 57.2 Å². The Kier molecular flexibility index (Phi) is 9.49. The average molecular weight is 525 g/mol. The zero-order valence-corrected chi connectivity index (χ0v) is 22.7. The van der Waals surface area contributed by atoms with Crippen molar-refractivity contribution < 1.29 is 19.1 Å². The number of carbonyl (C=O) groups is 3. The molecular formula is C28H40N6O4. The third-order valence-corrected chi connectivity index (χ3v) is 7.46. The molecule has 4 atom stereocenters. The second kappa shape index (κ2) is 13.0. The van der Waals surface area contributed by atoms with Gasteiger partial charge in [0.05, 0.1) is 12.6 Å². The molecule has 206 valence electrons. The van der Waals surface area contributed by atoms with E-state index in [2.05, 4.69) is 15.7 Å². The van der Waals surface area contributed by atoms with Crippen LogP contribution in [-0.2, 0) is 32.1 Å². The van der Waals surface area contributed by atoms with Gasteiger partial charge in [0.15, 0.2) is 0 Å². The molecule has 3 heterocycles. The van der Waals surface area contributed by atoms with Crippen molar-refractivity contribution in [1.29, 1.82) is 0 Å². The van der Waals surface area contributed by atoms with Crippen molar-refractivity contribution in [1.82, 2.24) is 30.3 Å². The minimum absolute atomic E-state index is 0.0417. The summed E-state index contributed by atoms with van der Waals surface area (Å²) in [6.07, 6.45) is 3.14. The lowest BCUT2D eigenvalue weighted by Crippen LogP contribution is -2.51. The molecule has 0 radical (unpaired) electrons. The summed E-state index contributed by atoms with van der Waals surface area (Å²) in [5.41, 5.74) is 1.05. The van der Waals surface area contributed by atoms with Crippen LogP contribution in [-0.4, -0.2) is 69.2 Å². The molecule has 1 fully saturated rings. The predicted octanol–water partition coefficient (Wildman–Crippen LogP) is 2.32. The molecule has 0 aliphatic carbocycles. The molecule has 2 aromatic rings. The molecule has 0 bridgehead atoms. The van der Waals surface area contributed by atoms with E-state index in [-0.39, 0.29) is 30.1 Å². The van der Waals surface area contributed by atoms with E-state index in [0.717, 1.165) is 18.4 Å². The molecular weight excluding hydrogens is 484 g/mol. The quantitative estimate of drug-likeness (QED) is 0.620. The summed E-state index contributed by atoms with van der Waals surface area (Å²) in [6, 6.07) is 8.79. The fraction of sp³-hybridized carbons (Fsp3) is 0.607. The molecule has 38 heavy (non-hydrogen) atoms. The van der Waals surface area contributed by atoms with Crippen molar-refractivity contribution in [2.24, 2.45) is 5.92 Å². The van der Waals surface area contributed by atoms with Gasteiger partial charge in [0.1, 0.15) is 23.8 Å². The summed E-state index contributed by atoms with van der Waals surface area (Å²) in [4.78, 5) is 46.2. The second-order valence-electron chi connectivity index (χ2n) is 10.4. The highest BCUT2D eigenvalue weighted by Crippen LogP contribution is 2.21. The first kappa shape index (κ1) is 27.8. The van der Waals surface area contributed by atoms with Crippen LogP contribution >= 0.6 is 0 Å². The number of nitrogens with one attached hydrogen (secondary N) is 2. The number of amides is 3. The van der Waals surface area contributed by atoms with Crippen LogP contribution in [0.25, 0.3) is 0 Å². The summed E-state index contributed by atoms with van der Waals surface area (Å²) < 4.78 is 7.47. The Balaban J connectivity index is 1.67. The molecule has 10 heteroatoms. The van der Waals surface area contributed by atoms with Crippen molar-refractivity contribution in [3.63, 3.8) is 0 Å². The van der Waals surface area contributed by atoms with Crippen LogP contribution < -0.4 is 10.6 Å². The smallest absolute Gasteiger partial charge is 0.251 e. The molecule has 0 spiro atoms. The standard InChI is InChI=1S/C28H40N6O4/c1-4-19(2)25-27(36)30-22(18-21-10-6-5-7-11-21)26-29-20(3)32-34(26)16-15-33(14-8-13-24(35)31-25)28(37)23-12-9-17-38-23/h5-7,10-11,19,22-23,25H,4,8-9,12-18H2,1-3H3,(H,30,36)(H,31,35)/t19-,22-,23-,25-/m0/s1. The topological polar surface area (TPSA) is 118 Å². The molecule has 1 saturated heterocycles. The third-order valence-electron chi connectivity index (χ3n) is 7.46. The number of hydrogen-bond donors (Lipinski definition) is 2. The van der Waals surface area contributed by atoms with E-state index in [1.165, 1.54) is 0 Å². The van der Waals surface area contributed by atoms with Crippen LogP contribution in [0.4, 0.5) is 0 Å². The number of benzene rings is 1. The summed E-state index contributed by atoms with van der Waals surface area (Å²) in [7, 11) is 0. The molecule has 0 saturated carbocycles. The minimum atomic E-state index is -0.671. The molecule has 1 aromatic heterocycles. The van der Waals surface area contributed by atoms with E-state index in [1.807, 2.05) is 55.8 Å². The maximum absolute atomic E-state index is 13.6. The first-order chi connectivity index (χ1) is 18.4. The number of aryl methyl sites for hydroxylation is 1. The fourth-order valence-electron chi connectivity index (χ4n) is 5.11. The molecule has 2 aliphatic heterocycles. The molecule has 0 unspecified atom stereocenters. The Morgan fingerprint density at radius 1 is 1.13 bits per heavy atom. The normalized spacial score (nSPS) is 24.2. The van der Waals surface area contributed by atoms with Crippen LogP contribution in [0.2, 0.25) is 0 Å². The average Bonchev–Trinajstić information content (AvgIpc) is 3.58. The van der Waals surface area contributed by atoms with E-state index in [9.17, 15) is 14.4 Å². The van der Waals surface area contributed by atoms with Gasteiger partial charge in [-0.3, -0.25) is 14.4 Å². The Morgan fingerprint density at radius 2 is 1.92 bits per heavy atom. The Labute approximate surface area is 224 Å². The van der Waals surface area contributed by atoms with Gasteiger partial charge in [-0.2, -0.15) is 5.10 Å². The summed E-state index contributed by atoms with van der Waals surface area (Å²) in [5.74, 6) is 0.719. The Morgan fingerprint density at radius 3 is 2.63 bits per heavy atom. The van der Waals surface area contributed by atoms with Gasteiger partial charge < -0.3 is 20.3 Å². The number of hydrogen-bond acceptors (Lipinski definition) is 6. The van der Waals surface area contributed by atoms with Crippen LogP contribution in [0.5, 0.6) is 0 Å². The second-order valence-corrected chi connectivity index (χ2v) is 10.4. The van der Waals surface area contributed by atoms with Crippen LogP contribution in [0.3, 0.4) is 0 Å². The van der Waals surface area contributed by atoms with Crippen molar-refractivity contribution in [3.8, 4) is 0 Å². The van der Waals surface area contributed by atoms with Crippen LogP contribution in [0, 0.1) is 12.8 Å². The van der Waals surface area contributed by atoms with Gasteiger partial charge in [0.25, 0.3) is 5.91 Å². The van der Waals surface area contributed by atoms with Crippen molar-refractivity contribution in [3.05, 3.63) is 47.5 Å². The number of fused-ring (bicyclic) bond motifs is 1. The first-order valence-corrected chi connectivity index (χ1v) is 13.8. The summed E-state index contributed by atoms with van der Waals surface area (Å²) in [6.45, 7) is 7.67. The lowest BCUT2D eigenvalue weighted by molar-refractivity contribution is -0.141. The van der Waals surface area contributed by atoms with Gasteiger partial charge in [0.2, 0.25) is 11.8 Å². The molecule has 3 amide bonds. The highest BCUT2D eigenvalue weighted by molar-refractivity contribution is 5.88. The van der Waals surface area contributed by atoms with Gasteiger partial charge in [-0.15, -0.1) is 0 Å². The lowest BCUT2D eigenvalue weighted by Gasteiger charge is -2.29. The summed E-state index contributed by atoms with van der Waals surface area (Å²) in [5, 5.41) is 10.8. The lowest BCUT2D eigenvalue weighted by atomic mass is 9.97. The molecule has 2 aliphatic rings. The van der Waals surface area contributed by atoms with E-state index in [1.54, 1.807) is 4.90 Å². The van der Waals surface area contributed by atoms with Crippen molar-refractivity contribution in [2.75, 3.05) is 19.7 Å². The highest BCUT2D eigenvalue weighted by Gasteiger charge is 2.32. The van der Waals surface area contributed by atoms with Gasteiger partial charge in [-0.1, -0.05) is 50.6 Å². The maximum atomic E-state index is 13.6. The molecule has 2 N–H and O–H groups in total. The van der Waals surface area contributed by atoms with Crippen LogP contribution in [0.1, 0.15) is 69.2 Å². The Bertz CT molecular complexity index is 1100. The van der Waals surface area contributed by atoms with Gasteiger partial charge in [-0.25, -0.2) is 9.67 Å². The molecule has 1 aromatic carbocycles. The number of carbonyl (C=O) groups excluding carboxylic acids is 3. The number of ether oxygens (including phenoxy) is 1. The zero-order chi connectivity index (χ0) is 27.1. The third kappa shape index (κ3) is 6.98. The SMILES string of the molecule is CC[C@H](C)[C@@H]1NC(=O)CCCN(C(=O)[C@@H]2CCCO2)CCn2nc(C)nc2[C@H](Cc2ccccc2)NC1=O. The molecule has 4 rings (SSSR count). The fourth-order valence-corrected chi connectivity index (χ4v) is 5.11. The van der Waals surface area contributed by atoms with Gasteiger partial charge in [-0.05, 0) is 44.1 Å².